The summed E-state index contributed by atoms with van der Waals surface area (Å²) < 4.78 is 0.737. The first-order chi connectivity index (χ1) is 4.63. The minimum absolute atomic E-state index is 0.287. The lowest BCUT2D eigenvalue weighted by Gasteiger charge is -1.98. The van der Waals surface area contributed by atoms with Crippen LogP contribution in [0.3, 0.4) is 0 Å². The zero-order valence-corrected chi connectivity index (χ0v) is 8.96. The Morgan fingerprint density at radius 3 is 2.40 bits per heavy atom. The maximum atomic E-state index is 5.70. The molecule has 0 N–H and O–H groups in total. The zero-order chi connectivity index (χ0) is 7.72. The van der Waals surface area contributed by atoms with Crippen LogP contribution in [-0.4, -0.2) is 4.98 Å². The number of nitrogens with zero attached hydrogens (tertiary/aromatic N) is 1. The van der Waals surface area contributed by atoms with E-state index in [0.717, 1.165) is 3.57 Å². The highest BCUT2D eigenvalue weighted by atomic mass is 127. The van der Waals surface area contributed by atoms with Crippen molar-refractivity contribution >= 4 is 57.4 Å². The van der Waals surface area contributed by atoms with E-state index in [-0.39, 0.29) is 5.15 Å². The Morgan fingerprint density at radius 2 is 1.90 bits per heavy atom. The first kappa shape index (κ1) is 8.84. The summed E-state index contributed by atoms with van der Waals surface area (Å²) in [6.45, 7) is 0. The molecule has 1 rings (SSSR count). The largest absolute Gasteiger partial charge is 0.241 e. The lowest BCUT2D eigenvalue weighted by atomic mass is 10.5. The summed E-state index contributed by atoms with van der Waals surface area (Å²) in [5.41, 5.74) is 0. The van der Waals surface area contributed by atoms with Crippen molar-refractivity contribution in [3.63, 3.8) is 0 Å². The zero-order valence-electron chi connectivity index (χ0n) is 4.54. The van der Waals surface area contributed by atoms with Crippen molar-refractivity contribution in [2.24, 2.45) is 0 Å². The third-order valence-electron chi connectivity index (χ3n) is 0.875. The standard InChI is InChI=1S/C5HCl3IN/c6-2-1-10-5(8)3(7)4(2)9/h1H. The Bertz CT molecular complexity index is 236. The molecule has 0 atom stereocenters. The van der Waals surface area contributed by atoms with Crippen LogP contribution in [0.4, 0.5) is 0 Å². The molecule has 0 unspecified atom stereocenters. The number of pyridine rings is 1. The molecule has 5 heteroatoms. The number of halogens is 4. The van der Waals surface area contributed by atoms with E-state index in [4.69, 9.17) is 34.8 Å². The van der Waals surface area contributed by atoms with Gasteiger partial charge in [-0.1, -0.05) is 34.8 Å². The van der Waals surface area contributed by atoms with Gasteiger partial charge in [-0.25, -0.2) is 4.98 Å². The molecule has 0 saturated carbocycles. The molecule has 0 aromatic carbocycles. The Morgan fingerprint density at radius 1 is 1.30 bits per heavy atom. The number of rotatable bonds is 0. The molecule has 1 aromatic heterocycles. The summed E-state index contributed by atoms with van der Waals surface area (Å²) >= 11 is 19.0. The molecule has 0 saturated heterocycles. The van der Waals surface area contributed by atoms with E-state index in [0.29, 0.717) is 10.0 Å². The fourth-order valence-electron chi connectivity index (χ4n) is 0.422. The predicted octanol–water partition coefficient (Wildman–Crippen LogP) is 3.65. The lowest BCUT2D eigenvalue weighted by molar-refractivity contribution is 1.31. The molecule has 10 heavy (non-hydrogen) atoms. The van der Waals surface area contributed by atoms with Gasteiger partial charge in [-0.05, 0) is 22.6 Å². The first-order valence-electron chi connectivity index (χ1n) is 2.28. The van der Waals surface area contributed by atoms with Gasteiger partial charge in [0.2, 0.25) is 0 Å². The van der Waals surface area contributed by atoms with Gasteiger partial charge in [0.05, 0.1) is 13.6 Å². The van der Waals surface area contributed by atoms with Gasteiger partial charge in [0, 0.05) is 6.20 Å². The predicted molar refractivity (Wildman–Crippen MR) is 52.0 cm³/mol. The summed E-state index contributed by atoms with van der Waals surface area (Å²) in [5, 5.41) is 1.22. The molecule has 0 amide bonds. The molecule has 0 aliphatic heterocycles. The van der Waals surface area contributed by atoms with Gasteiger partial charge < -0.3 is 0 Å². The second-order valence-electron chi connectivity index (χ2n) is 1.52. The van der Waals surface area contributed by atoms with Gasteiger partial charge >= 0.3 is 0 Å². The second kappa shape index (κ2) is 3.43. The topological polar surface area (TPSA) is 12.9 Å². The minimum Gasteiger partial charge on any atom is -0.241 e. The monoisotopic (exact) mass is 307 g/mol. The molecular formula is C5HCl3IN. The second-order valence-corrected chi connectivity index (χ2v) is 3.75. The van der Waals surface area contributed by atoms with Crippen LogP contribution >= 0.6 is 57.4 Å². The highest BCUT2D eigenvalue weighted by Gasteiger charge is 2.06. The highest BCUT2D eigenvalue weighted by molar-refractivity contribution is 14.1. The highest BCUT2D eigenvalue weighted by Crippen LogP contribution is 2.29. The van der Waals surface area contributed by atoms with Crippen LogP contribution in [0.1, 0.15) is 0 Å². The average Bonchev–Trinajstić information content (AvgIpc) is 1.93. The molecule has 0 spiro atoms. The van der Waals surface area contributed by atoms with E-state index in [1.54, 1.807) is 0 Å². The van der Waals surface area contributed by atoms with Crippen molar-refractivity contribution in [3.05, 3.63) is 25.0 Å². The van der Waals surface area contributed by atoms with E-state index >= 15 is 0 Å². The summed E-state index contributed by atoms with van der Waals surface area (Å²) in [7, 11) is 0. The average molecular weight is 308 g/mol. The Hall–Kier alpha value is 0.750. The first-order valence-corrected chi connectivity index (χ1v) is 4.49. The van der Waals surface area contributed by atoms with Crippen LogP contribution in [0.2, 0.25) is 15.2 Å². The molecule has 54 valence electrons. The third kappa shape index (κ3) is 1.67. The van der Waals surface area contributed by atoms with Gasteiger partial charge in [-0.3, -0.25) is 0 Å². The Labute approximate surface area is 86.8 Å². The summed E-state index contributed by atoms with van der Waals surface area (Å²) in [6, 6.07) is 0. The molecule has 1 heterocycles. The molecule has 0 bridgehead atoms. The fraction of sp³-hybridized carbons (Fsp3) is 0. The van der Waals surface area contributed by atoms with Crippen LogP contribution in [-0.2, 0) is 0 Å². The van der Waals surface area contributed by atoms with E-state index in [2.05, 4.69) is 4.98 Å². The van der Waals surface area contributed by atoms with Crippen LogP contribution in [0.15, 0.2) is 6.20 Å². The summed E-state index contributed by atoms with van der Waals surface area (Å²) in [5.74, 6) is 0. The van der Waals surface area contributed by atoms with Crippen molar-refractivity contribution in [2.75, 3.05) is 0 Å². The van der Waals surface area contributed by atoms with Crippen molar-refractivity contribution < 1.29 is 0 Å². The van der Waals surface area contributed by atoms with Crippen molar-refractivity contribution in [1.29, 1.82) is 0 Å². The lowest BCUT2D eigenvalue weighted by Crippen LogP contribution is -1.81. The summed E-state index contributed by atoms with van der Waals surface area (Å²) in [6.07, 6.45) is 1.47. The SMILES string of the molecule is Clc1cnc(Cl)c(Cl)c1I. The molecule has 0 aliphatic carbocycles. The molecule has 0 radical (unpaired) electrons. The number of hydrogen-bond acceptors (Lipinski definition) is 1. The third-order valence-corrected chi connectivity index (χ3v) is 3.67. The maximum Gasteiger partial charge on any atom is 0.148 e. The quantitative estimate of drug-likeness (QED) is 0.527. The normalized spacial score (nSPS) is 10.0. The minimum atomic E-state index is 0.287. The van der Waals surface area contributed by atoms with Crippen molar-refractivity contribution in [1.82, 2.24) is 4.98 Å². The van der Waals surface area contributed by atoms with E-state index in [1.165, 1.54) is 6.20 Å². The van der Waals surface area contributed by atoms with Crippen LogP contribution in [0.5, 0.6) is 0 Å². The van der Waals surface area contributed by atoms with Crippen molar-refractivity contribution in [2.45, 2.75) is 0 Å². The van der Waals surface area contributed by atoms with Gasteiger partial charge in [0.15, 0.2) is 0 Å². The van der Waals surface area contributed by atoms with Gasteiger partial charge in [-0.15, -0.1) is 0 Å². The van der Waals surface area contributed by atoms with Crippen molar-refractivity contribution in [3.8, 4) is 0 Å². The van der Waals surface area contributed by atoms with Crippen LogP contribution < -0.4 is 0 Å². The number of hydrogen-bond donors (Lipinski definition) is 0. The van der Waals surface area contributed by atoms with Crippen LogP contribution in [0, 0.1) is 3.57 Å². The smallest absolute Gasteiger partial charge is 0.148 e. The van der Waals surface area contributed by atoms with E-state index in [9.17, 15) is 0 Å². The van der Waals surface area contributed by atoms with Gasteiger partial charge in [-0.2, -0.15) is 0 Å². The Kier molecular flexibility index (Phi) is 3.03. The molecule has 1 nitrogen and oxygen atoms in total. The van der Waals surface area contributed by atoms with E-state index < -0.39 is 0 Å². The van der Waals surface area contributed by atoms with Gasteiger partial charge in [0.25, 0.3) is 0 Å². The Balaban J connectivity index is 3.34. The van der Waals surface area contributed by atoms with E-state index in [1.807, 2.05) is 22.6 Å². The van der Waals surface area contributed by atoms with Gasteiger partial charge in [0.1, 0.15) is 5.15 Å². The van der Waals surface area contributed by atoms with Crippen LogP contribution in [0.25, 0.3) is 0 Å². The molecule has 1 aromatic rings. The molecule has 0 aliphatic rings. The molecular weight excluding hydrogens is 307 g/mol. The fourth-order valence-corrected chi connectivity index (χ4v) is 1.46. The molecule has 0 fully saturated rings. The maximum absolute atomic E-state index is 5.70. The summed E-state index contributed by atoms with van der Waals surface area (Å²) in [4.78, 5) is 3.74. The number of aromatic nitrogens is 1.